The molecule has 2 atom stereocenters. The van der Waals surface area contributed by atoms with Gasteiger partial charge in [-0.2, -0.15) is 0 Å². The molecule has 3 heteroatoms. The topological polar surface area (TPSA) is 28.7 Å². The zero-order valence-corrected chi connectivity index (χ0v) is 14.7. The van der Waals surface area contributed by atoms with E-state index >= 15 is 0 Å². The first-order valence-corrected chi connectivity index (χ1v) is 8.97. The van der Waals surface area contributed by atoms with Crippen molar-refractivity contribution in [1.82, 2.24) is 4.90 Å². The van der Waals surface area contributed by atoms with Crippen molar-refractivity contribution in [1.29, 1.82) is 0 Å². The summed E-state index contributed by atoms with van der Waals surface area (Å²) in [6.07, 6.45) is 5.83. The normalized spacial score (nSPS) is 24.3. The fourth-order valence-corrected chi connectivity index (χ4v) is 4.31. The third-order valence-electron chi connectivity index (χ3n) is 5.60. The van der Waals surface area contributed by atoms with Gasteiger partial charge < -0.3 is 9.32 Å². The lowest BCUT2D eigenvalue weighted by Gasteiger charge is -2.58. The Morgan fingerprint density at radius 3 is 2.42 bits per heavy atom. The van der Waals surface area contributed by atoms with Crippen LogP contribution in [0.25, 0.3) is 5.70 Å². The van der Waals surface area contributed by atoms with Crippen molar-refractivity contribution in [3.63, 3.8) is 0 Å². The molecule has 0 unspecified atom stereocenters. The highest BCUT2D eigenvalue weighted by Crippen LogP contribution is 2.53. The summed E-state index contributed by atoms with van der Waals surface area (Å²) in [6.45, 7) is 3.16. The van der Waals surface area contributed by atoms with E-state index < -0.39 is 0 Å². The van der Waals surface area contributed by atoms with Crippen LogP contribution >= 0.6 is 0 Å². The lowest BCUT2D eigenvalue weighted by molar-refractivity contribution is 0.166. The molecule has 0 saturated carbocycles. The number of benzene rings is 2. The van der Waals surface area contributed by atoms with Gasteiger partial charge in [0.1, 0.15) is 5.84 Å². The Morgan fingerprint density at radius 2 is 1.73 bits per heavy atom. The molecular weight excluding hydrogens is 320 g/mol. The van der Waals surface area contributed by atoms with Crippen LogP contribution in [0.15, 0.2) is 94.7 Å². The van der Waals surface area contributed by atoms with E-state index in [1.807, 2.05) is 12.3 Å². The average molecular weight is 340 g/mol. The summed E-state index contributed by atoms with van der Waals surface area (Å²) >= 11 is 0. The highest BCUT2D eigenvalue weighted by molar-refractivity contribution is 6.04. The standard InChI is InChI=1S/C23H20N2O/c1-23(19-10-6-3-7-11-19)21(18-13-15-26-16-18)25-14-12-20(24-22(23)25)17-8-4-2-5-9-17/h2-13,15-16,21H,14H2,1H3/t21-,23+/m0/s1. The maximum atomic E-state index is 5.39. The SMILES string of the molecule is C[C@]1(c2ccccc2)C2=NC(c3ccccc3)=CCN2[C@H]1c1ccoc1. The van der Waals surface area contributed by atoms with E-state index in [0.29, 0.717) is 0 Å². The summed E-state index contributed by atoms with van der Waals surface area (Å²) in [5.41, 5.74) is 4.55. The first-order chi connectivity index (χ1) is 12.8. The van der Waals surface area contributed by atoms with Crippen molar-refractivity contribution in [2.45, 2.75) is 18.4 Å². The van der Waals surface area contributed by atoms with E-state index in [0.717, 1.165) is 18.1 Å². The van der Waals surface area contributed by atoms with Crippen LogP contribution in [-0.2, 0) is 5.41 Å². The van der Waals surface area contributed by atoms with E-state index in [1.54, 1.807) is 6.26 Å². The van der Waals surface area contributed by atoms with Crippen molar-refractivity contribution in [2.75, 3.05) is 6.54 Å². The second-order valence-corrected chi connectivity index (χ2v) is 7.07. The molecule has 0 N–H and O–H groups in total. The van der Waals surface area contributed by atoms with Crippen LogP contribution in [0, 0.1) is 0 Å². The number of rotatable bonds is 3. The Hall–Kier alpha value is -3.07. The highest BCUT2D eigenvalue weighted by atomic mass is 16.3. The quantitative estimate of drug-likeness (QED) is 0.668. The van der Waals surface area contributed by atoms with Crippen LogP contribution in [0.4, 0.5) is 0 Å². The predicted octanol–water partition coefficient (Wildman–Crippen LogP) is 5.05. The Morgan fingerprint density at radius 1 is 1.00 bits per heavy atom. The fraction of sp³-hybridized carbons (Fsp3) is 0.174. The van der Waals surface area contributed by atoms with Crippen molar-refractivity contribution >= 4 is 11.5 Å². The van der Waals surface area contributed by atoms with Gasteiger partial charge in [0.2, 0.25) is 0 Å². The van der Waals surface area contributed by atoms with Gasteiger partial charge >= 0.3 is 0 Å². The zero-order chi connectivity index (χ0) is 17.6. The van der Waals surface area contributed by atoms with Gasteiger partial charge in [-0.1, -0.05) is 60.7 Å². The minimum absolute atomic E-state index is 0.167. The van der Waals surface area contributed by atoms with E-state index in [4.69, 9.17) is 9.41 Å². The van der Waals surface area contributed by atoms with Crippen molar-refractivity contribution < 1.29 is 4.42 Å². The number of fused-ring (bicyclic) bond motifs is 1. The number of hydrogen-bond acceptors (Lipinski definition) is 3. The molecular formula is C23H20N2O. The van der Waals surface area contributed by atoms with Crippen molar-refractivity contribution in [2.24, 2.45) is 4.99 Å². The zero-order valence-electron chi connectivity index (χ0n) is 14.7. The van der Waals surface area contributed by atoms with E-state index in [-0.39, 0.29) is 11.5 Å². The van der Waals surface area contributed by atoms with Gasteiger partial charge in [-0.15, -0.1) is 0 Å². The molecule has 2 aromatic carbocycles. The van der Waals surface area contributed by atoms with E-state index in [9.17, 15) is 0 Å². The molecule has 26 heavy (non-hydrogen) atoms. The van der Waals surface area contributed by atoms with E-state index in [1.165, 1.54) is 16.7 Å². The van der Waals surface area contributed by atoms with Gasteiger partial charge in [0.05, 0.1) is 29.7 Å². The van der Waals surface area contributed by atoms with Gasteiger partial charge in [-0.25, -0.2) is 4.99 Å². The third-order valence-corrected chi connectivity index (χ3v) is 5.60. The first-order valence-electron chi connectivity index (χ1n) is 8.97. The van der Waals surface area contributed by atoms with Crippen molar-refractivity contribution in [3.05, 3.63) is 102 Å². The number of amidine groups is 1. The summed E-state index contributed by atoms with van der Waals surface area (Å²) in [4.78, 5) is 7.46. The summed E-state index contributed by atoms with van der Waals surface area (Å²) in [6, 6.07) is 23.4. The Kier molecular flexibility index (Phi) is 3.35. The lowest BCUT2D eigenvalue weighted by atomic mass is 9.64. The maximum Gasteiger partial charge on any atom is 0.119 e. The predicted molar refractivity (Wildman–Crippen MR) is 104 cm³/mol. The molecule has 3 heterocycles. The fourth-order valence-electron chi connectivity index (χ4n) is 4.31. The number of aliphatic imine (C=N–C) groups is 1. The molecule has 2 aliphatic heterocycles. The molecule has 1 saturated heterocycles. The Bertz CT molecular complexity index is 974. The van der Waals surface area contributed by atoms with Gasteiger partial charge in [-0.3, -0.25) is 0 Å². The monoisotopic (exact) mass is 340 g/mol. The van der Waals surface area contributed by atoms with Crippen LogP contribution in [-0.4, -0.2) is 17.3 Å². The molecule has 0 amide bonds. The van der Waals surface area contributed by atoms with E-state index in [2.05, 4.69) is 78.6 Å². The minimum atomic E-state index is -0.167. The molecule has 2 aliphatic rings. The van der Waals surface area contributed by atoms with Crippen molar-refractivity contribution in [3.8, 4) is 0 Å². The number of hydrogen-bond donors (Lipinski definition) is 0. The molecule has 0 radical (unpaired) electrons. The van der Waals surface area contributed by atoms with Gasteiger partial charge in [-0.05, 0) is 30.2 Å². The summed E-state index contributed by atoms with van der Waals surface area (Å²) in [5, 5.41) is 0. The molecule has 0 aliphatic carbocycles. The molecule has 3 nitrogen and oxygen atoms in total. The summed E-state index contributed by atoms with van der Waals surface area (Å²) < 4.78 is 5.39. The highest BCUT2D eigenvalue weighted by Gasteiger charge is 2.57. The second-order valence-electron chi connectivity index (χ2n) is 7.07. The van der Waals surface area contributed by atoms with Gasteiger partial charge in [0.15, 0.2) is 0 Å². The molecule has 1 aromatic heterocycles. The maximum absolute atomic E-state index is 5.39. The largest absolute Gasteiger partial charge is 0.472 e. The second kappa shape index (κ2) is 5.73. The van der Waals surface area contributed by atoms with Gasteiger partial charge in [0.25, 0.3) is 0 Å². The molecule has 3 aromatic rings. The molecule has 5 rings (SSSR count). The summed E-state index contributed by atoms with van der Waals surface area (Å²) in [5.74, 6) is 1.14. The smallest absolute Gasteiger partial charge is 0.119 e. The molecule has 128 valence electrons. The Balaban J connectivity index is 1.62. The molecule has 0 bridgehead atoms. The molecule has 1 fully saturated rings. The number of nitrogens with zero attached hydrogens (tertiary/aromatic N) is 2. The van der Waals surface area contributed by atoms with Gasteiger partial charge in [0, 0.05) is 12.1 Å². The van der Waals surface area contributed by atoms with Crippen LogP contribution in [0.2, 0.25) is 0 Å². The minimum Gasteiger partial charge on any atom is -0.472 e. The average Bonchev–Trinajstić information content (AvgIpc) is 3.22. The van der Waals surface area contributed by atoms with Crippen LogP contribution in [0.3, 0.4) is 0 Å². The van der Waals surface area contributed by atoms with Crippen LogP contribution in [0.1, 0.15) is 29.7 Å². The molecule has 0 spiro atoms. The first kappa shape index (κ1) is 15.2. The number of furan rings is 1. The Labute approximate surface area is 153 Å². The van der Waals surface area contributed by atoms with Crippen LogP contribution in [0.5, 0.6) is 0 Å². The summed E-state index contributed by atoms with van der Waals surface area (Å²) in [7, 11) is 0. The van der Waals surface area contributed by atoms with Crippen LogP contribution < -0.4 is 0 Å². The third kappa shape index (κ3) is 2.10. The lowest BCUT2D eigenvalue weighted by Crippen LogP contribution is -2.65.